The van der Waals surface area contributed by atoms with Crippen LogP contribution in [-0.2, 0) is 4.79 Å². The van der Waals surface area contributed by atoms with Crippen LogP contribution in [0.3, 0.4) is 0 Å². The van der Waals surface area contributed by atoms with Crippen molar-refractivity contribution in [1.82, 2.24) is 15.5 Å². The van der Waals surface area contributed by atoms with Gasteiger partial charge in [0.1, 0.15) is 0 Å². The maximum atomic E-state index is 11.0. The first-order valence-corrected chi connectivity index (χ1v) is 5.35. The Morgan fingerprint density at radius 1 is 1.64 bits per heavy atom. The molecule has 14 heavy (non-hydrogen) atoms. The molecule has 1 aliphatic heterocycles. The van der Waals surface area contributed by atoms with Crippen LogP contribution in [0.5, 0.6) is 0 Å². The second-order valence-corrected chi connectivity index (χ2v) is 3.98. The number of amides is 1. The molecule has 0 unspecified atom stereocenters. The molecule has 1 aliphatic rings. The van der Waals surface area contributed by atoms with E-state index in [9.17, 15) is 4.79 Å². The maximum Gasteiger partial charge on any atom is 0.221 e. The molecule has 1 fully saturated rings. The lowest BCUT2D eigenvalue weighted by Gasteiger charge is -2.20. The highest BCUT2D eigenvalue weighted by molar-refractivity contribution is 5.75. The van der Waals surface area contributed by atoms with Crippen molar-refractivity contribution in [2.75, 3.05) is 33.7 Å². The lowest BCUT2D eigenvalue weighted by Crippen LogP contribution is -2.37. The molecule has 1 saturated heterocycles. The average molecular weight is 199 g/mol. The molecular weight excluding hydrogens is 178 g/mol. The van der Waals surface area contributed by atoms with E-state index in [-0.39, 0.29) is 5.91 Å². The highest BCUT2D eigenvalue weighted by atomic mass is 16.1. The molecule has 1 heterocycles. The van der Waals surface area contributed by atoms with Gasteiger partial charge in [0.15, 0.2) is 0 Å². The predicted molar refractivity (Wildman–Crippen MR) is 57.2 cm³/mol. The minimum absolute atomic E-state index is 0.122. The monoisotopic (exact) mass is 199 g/mol. The van der Waals surface area contributed by atoms with Crippen molar-refractivity contribution < 1.29 is 4.79 Å². The van der Waals surface area contributed by atoms with Gasteiger partial charge in [-0.05, 0) is 26.4 Å². The van der Waals surface area contributed by atoms with E-state index in [0.29, 0.717) is 12.5 Å². The van der Waals surface area contributed by atoms with Gasteiger partial charge in [0.2, 0.25) is 5.91 Å². The lowest BCUT2D eigenvalue weighted by molar-refractivity contribution is -0.120. The summed E-state index contributed by atoms with van der Waals surface area (Å²) in [7, 11) is 3.75. The Bertz CT molecular complexity index is 178. The Morgan fingerprint density at radius 2 is 2.43 bits per heavy atom. The van der Waals surface area contributed by atoms with Gasteiger partial charge in [-0.1, -0.05) is 0 Å². The lowest BCUT2D eigenvalue weighted by atomic mass is 10.2. The number of carbonyl (C=O) groups is 1. The summed E-state index contributed by atoms with van der Waals surface area (Å²) in [5.74, 6) is 0.122. The predicted octanol–water partition coefficient (Wildman–Crippen LogP) is -0.194. The molecule has 0 aromatic carbocycles. The number of rotatable bonds is 5. The zero-order chi connectivity index (χ0) is 10.4. The van der Waals surface area contributed by atoms with Crippen molar-refractivity contribution in [2.24, 2.45) is 0 Å². The molecule has 82 valence electrons. The molecule has 4 heteroatoms. The SMILES string of the molecule is CNC(=O)CCN(C)C[C@H]1CCCN1. The van der Waals surface area contributed by atoms with Crippen molar-refractivity contribution in [2.45, 2.75) is 25.3 Å². The summed E-state index contributed by atoms with van der Waals surface area (Å²) in [5, 5.41) is 6.08. The van der Waals surface area contributed by atoms with Crippen molar-refractivity contribution in [1.29, 1.82) is 0 Å². The maximum absolute atomic E-state index is 11.0. The Kier molecular flexibility index (Phi) is 4.90. The van der Waals surface area contributed by atoms with E-state index >= 15 is 0 Å². The van der Waals surface area contributed by atoms with Gasteiger partial charge in [0.25, 0.3) is 0 Å². The van der Waals surface area contributed by atoms with Crippen LogP contribution in [0.1, 0.15) is 19.3 Å². The molecule has 4 nitrogen and oxygen atoms in total. The Hall–Kier alpha value is -0.610. The first kappa shape index (κ1) is 11.5. The van der Waals surface area contributed by atoms with Crippen molar-refractivity contribution in [3.05, 3.63) is 0 Å². The molecule has 0 aliphatic carbocycles. The molecular formula is C10H21N3O. The Morgan fingerprint density at radius 3 is 3.00 bits per heavy atom. The van der Waals surface area contributed by atoms with E-state index in [1.165, 1.54) is 12.8 Å². The van der Waals surface area contributed by atoms with Crippen LogP contribution in [0.15, 0.2) is 0 Å². The molecule has 1 atom stereocenters. The summed E-state index contributed by atoms with van der Waals surface area (Å²) in [4.78, 5) is 13.2. The van der Waals surface area contributed by atoms with E-state index in [0.717, 1.165) is 19.6 Å². The van der Waals surface area contributed by atoms with E-state index in [2.05, 4.69) is 22.6 Å². The van der Waals surface area contributed by atoms with Crippen LogP contribution in [0.25, 0.3) is 0 Å². The first-order chi connectivity index (χ1) is 6.72. The normalized spacial score (nSPS) is 21.5. The third-order valence-electron chi connectivity index (χ3n) is 2.69. The number of hydrogen-bond donors (Lipinski definition) is 2. The number of nitrogens with one attached hydrogen (secondary N) is 2. The van der Waals surface area contributed by atoms with Crippen molar-refractivity contribution in [3.8, 4) is 0 Å². The van der Waals surface area contributed by atoms with Gasteiger partial charge in [0.05, 0.1) is 0 Å². The molecule has 1 rings (SSSR count). The fourth-order valence-corrected chi connectivity index (χ4v) is 1.80. The minimum Gasteiger partial charge on any atom is -0.359 e. The molecule has 2 N–H and O–H groups in total. The van der Waals surface area contributed by atoms with Gasteiger partial charge in [0, 0.05) is 32.6 Å². The van der Waals surface area contributed by atoms with E-state index in [1.54, 1.807) is 7.05 Å². The summed E-state index contributed by atoms with van der Waals surface area (Å²) in [5.41, 5.74) is 0. The van der Waals surface area contributed by atoms with Crippen LogP contribution >= 0.6 is 0 Å². The van der Waals surface area contributed by atoms with Crippen LogP contribution in [-0.4, -0.2) is 50.6 Å². The second kappa shape index (κ2) is 5.98. The molecule has 0 spiro atoms. The largest absolute Gasteiger partial charge is 0.359 e. The second-order valence-electron chi connectivity index (χ2n) is 3.98. The number of nitrogens with zero attached hydrogens (tertiary/aromatic N) is 1. The van der Waals surface area contributed by atoms with E-state index < -0.39 is 0 Å². The highest BCUT2D eigenvalue weighted by Gasteiger charge is 2.15. The van der Waals surface area contributed by atoms with Crippen LogP contribution in [0.4, 0.5) is 0 Å². The van der Waals surface area contributed by atoms with Gasteiger partial charge in [-0.3, -0.25) is 4.79 Å². The van der Waals surface area contributed by atoms with Crippen molar-refractivity contribution >= 4 is 5.91 Å². The molecule has 0 saturated carbocycles. The highest BCUT2D eigenvalue weighted by Crippen LogP contribution is 2.05. The first-order valence-electron chi connectivity index (χ1n) is 5.35. The summed E-state index contributed by atoms with van der Waals surface area (Å²) in [6, 6.07) is 0.629. The van der Waals surface area contributed by atoms with E-state index in [1.807, 2.05) is 0 Å². The van der Waals surface area contributed by atoms with Gasteiger partial charge >= 0.3 is 0 Å². The summed E-state index contributed by atoms with van der Waals surface area (Å²) in [6.07, 6.45) is 3.15. The van der Waals surface area contributed by atoms with Crippen LogP contribution < -0.4 is 10.6 Å². The molecule has 0 aromatic heterocycles. The van der Waals surface area contributed by atoms with Crippen LogP contribution in [0.2, 0.25) is 0 Å². The summed E-state index contributed by atoms with van der Waals surface area (Å²) in [6.45, 7) is 3.04. The van der Waals surface area contributed by atoms with Crippen molar-refractivity contribution in [3.63, 3.8) is 0 Å². The zero-order valence-electron chi connectivity index (χ0n) is 9.18. The smallest absolute Gasteiger partial charge is 0.221 e. The number of hydrogen-bond acceptors (Lipinski definition) is 3. The minimum atomic E-state index is 0.122. The standard InChI is InChI=1S/C10H21N3O/c1-11-10(14)5-7-13(2)8-9-4-3-6-12-9/h9,12H,3-8H2,1-2H3,(H,11,14)/t9-/m1/s1. The van der Waals surface area contributed by atoms with Gasteiger partial charge in [-0.15, -0.1) is 0 Å². The third kappa shape index (κ3) is 4.07. The third-order valence-corrected chi connectivity index (χ3v) is 2.69. The molecule has 0 bridgehead atoms. The Balaban J connectivity index is 2.08. The summed E-state index contributed by atoms with van der Waals surface area (Å²) < 4.78 is 0. The average Bonchev–Trinajstić information content (AvgIpc) is 2.66. The topological polar surface area (TPSA) is 44.4 Å². The fraction of sp³-hybridized carbons (Fsp3) is 0.900. The van der Waals surface area contributed by atoms with Gasteiger partial charge in [-0.2, -0.15) is 0 Å². The number of carbonyl (C=O) groups excluding carboxylic acids is 1. The zero-order valence-corrected chi connectivity index (χ0v) is 9.18. The molecule has 0 radical (unpaired) electrons. The Labute approximate surface area is 86.0 Å². The van der Waals surface area contributed by atoms with E-state index in [4.69, 9.17) is 0 Å². The quantitative estimate of drug-likeness (QED) is 0.645. The summed E-state index contributed by atoms with van der Waals surface area (Å²) >= 11 is 0. The number of likely N-dealkylation sites (N-methyl/N-ethyl adjacent to an activating group) is 1. The van der Waals surface area contributed by atoms with Crippen LogP contribution in [0, 0.1) is 0 Å². The molecule has 1 amide bonds. The molecule has 0 aromatic rings. The van der Waals surface area contributed by atoms with Gasteiger partial charge < -0.3 is 15.5 Å². The fourth-order valence-electron chi connectivity index (χ4n) is 1.80. The van der Waals surface area contributed by atoms with Gasteiger partial charge in [-0.25, -0.2) is 0 Å².